The van der Waals surface area contributed by atoms with Gasteiger partial charge in [0.1, 0.15) is 6.61 Å². The van der Waals surface area contributed by atoms with E-state index < -0.39 is 0 Å². The zero-order valence-corrected chi connectivity index (χ0v) is 19.4. The molecule has 0 saturated carbocycles. The van der Waals surface area contributed by atoms with Crippen molar-refractivity contribution in [1.29, 1.82) is 0 Å². The molecule has 32 heavy (non-hydrogen) atoms. The zero-order chi connectivity index (χ0) is 22.3. The third-order valence-corrected chi connectivity index (χ3v) is 6.02. The molecule has 1 N–H and O–H groups in total. The molecule has 0 bridgehead atoms. The number of anilines is 1. The molecule has 0 aliphatic heterocycles. The van der Waals surface area contributed by atoms with Gasteiger partial charge in [-0.3, -0.25) is 5.43 Å². The quantitative estimate of drug-likeness (QED) is 0.213. The molecule has 0 unspecified atom stereocenters. The van der Waals surface area contributed by atoms with Crippen LogP contribution in [0.5, 0.6) is 11.5 Å². The monoisotopic (exact) mass is 483 g/mol. The number of methoxy groups -OCH3 is 1. The number of halogens is 2. The van der Waals surface area contributed by atoms with Gasteiger partial charge in [0.05, 0.1) is 19.0 Å². The summed E-state index contributed by atoms with van der Waals surface area (Å²) in [5.74, 6) is 1.17. The topological polar surface area (TPSA) is 55.7 Å². The summed E-state index contributed by atoms with van der Waals surface area (Å²) in [6.45, 7) is 0.217. The molecule has 0 radical (unpaired) electrons. The van der Waals surface area contributed by atoms with Gasteiger partial charge in [-0.15, -0.1) is 11.3 Å². The van der Waals surface area contributed by atoms with Crippen LogP contribution >= 0.6 is 34.5 Å². The Balaban J connectivity index is 1.44. The van der Waals surface area contributed by atoms with Crippen LogP contribution in [0.25, 0.3) is 11.3 Å². The molecule has 0 spiro atoms. The van der Waals surface area contributed by atoms with Crippen molar-refractivity contribution < 1.29 is 9.47 Å². The van der Waals surface area contributed by atoms with E-state index in [4.69, 9.17) is 32.7 Å². The number of nitrogens with zero attached hydrogens (tertiary/aromatic N) is 2. The number of benzene rings is 3. The predicted octanol–water partition coefficient (Wildman–Crippen LogP) is 7.15. The zero-order valence-electron chi connectivity index (χ0n) is 17.1. The van der Waals surface area contributed by atoms with Crippen LogP contribution in [-0.2, 0) is 6.61 Å². The van der Waals surface area contributed by atoms with Gasteiger partial charge in [-0.05, 0) is 35.9 Å². The van der Waals surface area contributed by atoms with E-state index in [2.05, 4.69) is 15.5 Å². The summed E-state index contributed by atoms with van der Waals surface area (Å²) in [6, 6.07) is 20.9. The maximum absolute atomic E-state index is 6.24. The lowest BCUT2D eigenvalue weighted by molar-refractivity contribution is 0.284. The fourth-order valence-corrected chi connectivity index (χ4v) is 4.11. The number of ether oxygens (including phenoxy) is 2. The molecule has 0 aliphatic rings. The minimum Gasteiger partial charge on any atom is -0.493 e. The molecule has 162 valence electrons. The molecule has 1 heterocycles. The Bertz CT molecular complexity index is 1210. The molecule has 0 saturated heterocycles. The van der Waals surface area contributed by atoms with E-state index in [1.165, 1.54) is 11.3 Å². The lowest BCUT2D eigenvalue weighted by Gasteiger charge is -2.13. The molecule has 4 aromatic rings. The second-order valence-electron chi connectivity index (χ2n) is 6.67. The first-order valence-corrected chi connectivity index (χ1v) is 11.3. The van der Waals surface area contributed by atoms with Crippen molar-refractivity contribution in [3.05, 3.63) is 93.3 Å². The van der Waals surface area contributed by atoms with Crippen LogP contribution in [0.4, 0.5) is 5.13 Å². The third kappa shape index (κ3) is 5.40. The highest BCUT2D eigenvalue weighted by molar-refractivity contribution is 7.14. The molecule has 5 nitrogen and oxygen atoms in total. The van der Waals surface area contributed by atoms with Crippen molar-refractivity contribution >= 4 is 45.9 Å². The van der Waals surface area contributed by atoms with Gasteiger partial charge >= 0.3 is 0 Å². The van der Waals surface area contributed by atoms with Crippen LogP contribution in [0.2, 0.25) is 10.0 Å². The summed E-state index contributed by atoms with van der Waals surface area (Å²) < 4.78 is 11.4. The minimum absolute atomic E-state index is 0.217. The summed E-state index contributed by atoms with van der Waals surface area (Å²) in [4.78, 5) is 4.56. The molecule has 0 aliphatic carbocycles. The van der Waals surface area contributed by atoms with Gasteiger partial charge in [0, 0.05) is 26.6 Å². The predicted molar refractivity (Wildman–Crippen MR) is 133 cm³/mol. The van der Waals surface area contributed by atoms with Gasteiger partial charge in [-0.25, -0.2) is 4.98 Å². The van der Waals surface area contributed by atoms with Crippen LogP contribution in [0, 0.1) is 0 Å². The van der Waals surface area contributed by atoms with Crippen molar-refractivity contribution in [2.75, 3.05) is 12.5 Å². The molecule has 3 aromatic carbocycles. The van der Waals surface area contributed by atoms with Crippen molar-refractivity contribution in [3.63, 3.8) is 0 Å². The highest BCUT2D eigenvalue weighted by atomic mass is 35.5. The van der Waals surface area contributed by atoms with Gasteiger partial charge in [-0.1, -0.05) is 59.6 Å². The summed E-state index contributed by atoms with van der Waals surface area (Å²) in [5.41, 5.74) is 6.50. The van der Waals surface area contributed by atoms with E-state index in [-0.39, 0.29) is 6.61 Å². The Morgan fingerprint density at radius 2 is 1.78 bits per heavy atom. The molecule has 0 fully saturated rings. The number of nitrogens with one attached hydrogen (secondary N) is 1. The highest BCUT2D eigenvalue weighted by Crippen LogP contribution is 2.31. The number of aromatic nitrogens is 1. The number of thiazole rings is 1. The van der Waals surface area contributed by atoms with Crippen molar-refractivity contribution in [2.24, 2.45) is 5.10 Å². The SMILES string of the molecule is COc1ccc(C=NNc2nc(-c3ccccc3)cs2)cc1OCc1c(Cl)cccc1Cl. The lowest BCUT2D eigenvalue weighted by atomic mass is 10.2. The summed E-state index contributed by atoms with van der Waals surface area (Å²) in [5, 5.41) is 8.10. The summed E-state index contributed by atoms with van der Waals surface area (Å²) in [7, 11) is 1.59. The Morgan fingerprint density at radius 3 is 2.53 bits per heavy atom. The van der Waals surface area contributed by atoms with Gasteiger partial charge in [0.2, 0.25) is 5.13 Å². The average molecular weight is 484 g/mol. The van der Waals surface area contributed by atoms with E-state index >= 15 is 0 Å². The maximum atomic E-state index is 6.24. The Kier molecular flexibility index (Phi) is 7.27. The molecule has 8 heteroatoms. The number of rotatable bonds is 8. The normalized spacial score (nSPS) is 11.0. The Hall–Kier alpha value is -3.06. The van der Waals surface area contributed by atoms with Crippen LogP contribution in [0.1, 0.15) is 11.1 Å². The average Bonchev–Trinajstić information content (AvgIpc) is 3.28. The van der Waals surface area contributed by atoms with E-state index in [9.17, 15) is 0 Å². The number of hydrogen-bond donors (Lipinski definition) is 1. The van der Waals surface area contributed by atoms with E-state index in [0.29, 0.717) is 26.7 Å². The molecular weight excluding hydrogens is 465 g/mol. The van der Waals surface area contributed by atoms with E-state index in [1.807, 2.05) is 53.9 Å². The van der Waals surface area contributed by atoms with Gasteiger partial charge in [0.15, 0.2) is 11.5 Å². The van der Waals surface area contributed by atoms with Crippen molar-refractivity contribution in [3.8, 4) is 22.8 Å². The Morgan fingerprint density at radius 1 is 1.00 bits per heavy atom. The van der Waals surface area contributed by atoms with E-state index in [0.717, 1.165) is 22.4 Å². The van der Waals surface area contributed by atoms with Crippen LogP contribution in [0.15, 0.2) is 77.2 Å². The third-order valence-electron chi connectivity index (χ3n) is 4.57. The van der Waals surface area contributed by atoms with Gasteiger partial charge in [-0.2, -0.15) is 5.10 Å². The first-order chi connectivity index (χ1) is 15.6. The van der Waals surface area contributed by atoms with Crippen LogP contribution in [-0.4, -0.2) is 18.3 Å². The van der Waals surface area contributed by atoms with E-state index in [1.54, 1.807) is 31.5 Å². The fourth-order valence-electron chi connectivity index (χ4n) is 2.94. The molecule has 4 rings (SSSR count). The second-order valence-corrected chi connectivity index (χ2v) is 8.35. The summed E-state index contributed by atoms with van der Waals surface area (Å²) >= 11 is 14.0. The first kappa shape index (κ1) is 22.1. The fraction of sp³-hybridized carbons (Fsp3) is 0.0833. The Labute approximate surface area is 200 Å². The standard InChI is InChI=1S/C24H19Cl2N3O2S/c1-30-22-11-10-16(12-23(22)31-14-18-19(25)8-5-9-20(18)26)13-27-29-24-28-21(15-32-24)17-6-3-2-4-7-17/h2-13,15H,14H2,1H3,(H,28,29). The van der Waals surface area contributed by atoms with Gasteiger partial charge < -0.3 is 9.47 Å². The van der Waals surface area contributed by atoms with Crippen molar-refractivity contribution in [1.82, 2.24) is 4.98 Å². The molecule has 0 amide bonds. The smallest absolute Gasteiger partial charge is 0.203 e. The van der Waals surface area contributed by atoms with Crippen molar-refractivity contribution in [2.45, 2.75) is 6.61 Å². The van der Waals surface area contributed by atoms with Crippen LogP contribution < -0.4 is 14.9 Å². The maximum Gasteiger partial charge on any atom is 0.203 e. The van der Waals surface area contributed by atoms with Crippen LogP contribution in [0.3, 0.4) is 0 Å². The summed E-state index contributed by atoms with van der Waals surface area (Å²) in [6.07, 6.45) is 1.69. The lowest BCUT2D eigenvalue weighted by Crippen LogP contribution is -2.00. The first-order valence-electron chi connectivity index (χ1n) is 9.68. The highest BCUT2D eigenvalue weighted by Gasteiger charge is 2.10. The second kappa shape index (κ2) is 10.5. The molecule has 1 aromatic heterocycles. The molecular formula is C24H19Cl2N3O2S. The minimum atomic E-state index is 0.217. The number of hydrogen-bond acceptors (Lipinski definition) is 6. The largest absolute Gasteiger partial charge is 0.493 e. The van der Waals surface area contributed by atoms with Gasteiger partial charge in [0.25, 0.3) is 0 Å². The molecule has 0 atom stereocenters. The number of hydrazone groups is 1.